The van der Waals surface area contributed by atoms with Gasteiger partial charge in [-0.3, -0.25) is 9.59 Å². The molecule has 214 valence electrons. The topological polar surface area (TPSA) is 152 Å². The van der Waals surface area contributed by atoms with Crippen molar-refractivity contribution in [3.05, 3.63) is 58.0 Å². The van der Waals surface area contributed by atoms with E-state index in [1.165, 1.54) is 23.7 Å². The minimum absolute atomic E-state index is 0.109. The van der Waals surface area contributed by atoms with Crippen LogP contribution in [0.2, 0.25) is 5.15 Å². The molecule has 2 fully saturated rings. The van der Waals surface area contributed by atoms with E-state index < -0.39 is 6.04 Å². The summed E-state index contributed by atoms with van der Waals surface area (Å²) in [6, 6.07) is 5.34. The highest BCUT2D eigenvalue weighted by Crippen LogP contribution is 2.32. The van der Waals surface area contributed by atoms with Crippen molar-refractivity contribution in [3.8, 4) is 0 Å². The maximum Gasteiger partial charge on any atom is 0.276 e. The van der Waals surface area contributed by atoms with Crippen molar-refractivity contribution in [2.24, 2.45) is 11.7 Å². The SMILES string of the molecule is N[C@@H](Cc1cscn1)C(=O)CC1CCC(Nc2cc(NC3CC3)c3ncc(C(=O)Nc4ccnc(Cl)c4)n3n2)CC1. The number of nitrogens with two attached hydrogens (primary N) is 1. The van der Waals surface area contributed by atoms with Gasteiger partial charge in [-0.2, -0.15) is 0 Å². The first-order chi connectivity index (χ1) is 19.9. The molecule has 2 saturated carbocycles. The Balaban J connectivity index is 1.11. The smallest absolute Gasteiger partial charge is 0.276 e. The summed E-state index contributed by atoms with van der Waals surface area (Å²) in [6.45, 7) is 0. The third-order valence-corrected chi connectivity index (χ3v) is 8.48. The molecule has 6 rings (SSSR count). The monoisotopic (exact) mass is 593 g/mol. The van der Waals surface area contributed by atoms with Crippen LogP contribution < -0.4 is 21.7 Å². The number of carbonyl (C=O) groups excluding carboxylic acids is 2. The van der Waals surface area contributed by atoms with E-state index >= 15 is 0 Å². The van der Waals surface area contributed by atoms with Gasteiger partial charge in [0.25, 0.3) is 5.91 Å². The minimum Gasteiger partial charge on any atom is -0.379 e. The number of hydrogen-bond donors (Lipinski definition) is 4. The molecule has 4 aromatic rings. The van der Waals surface area contributed by atoms with Gasteiger partial charge in [-0.1, -0.05) is 11.6 Å². The number of nitrogens with one attached hydrogen (secondary N) is 3. The Bertz CT molecular complexity index is 1530. The van der Waals surface area contributed by atoms with E-state index in [2.05, 4.69) is 30.9 Å². The second-order valence-corrected chi connectivity index (χ2v) is 12.0. The second-order valence-electron chi connectivity index (χ2n) is 10.9. The van der Waals surface area contributed by atoms with Crippen LogP contribution in [0.15, 0.2) is 41.5 Å². The predicted octanol–water partition coefficient (Wildman–Crippen LogP) is 4.56. The highest BCUT2D eigenvalue weighted by atomic mass is 35.5. The van der Waals surface area contributed by atoms with Crippen LogP contribution in [0.25, 0.3) is 5.65 Å². The Hall–Kier alpha value is -3.61. The van der Waals surface area contributed by atoms with Crippen molar-refractivity contribution in [1.29, 1.82) is 0 Å². The zero-order valence-electron chi connectivity index (χ0n) is 22.4. The molecular weight excluding hydrogens is 562 g/mol. The molecule has 0 spiro atoms. The lowest BCUT2D eigenvalue weighted by atomic mass is 9.82. The molecule has 0 bridgehead atoms. The number of pyridine rings is 1. The molecule has 4 heterocycles. The van der Waals surface area contributed by atoms with Crippen LogP contribution in [-0.4, -0.2) is 54.4 Å². The zero-order chi connectivity index (χ0) is 28.3. The number of halogens is 1. The summed E-state index contributed by atoms with van der Waals surface area (Å²) in [5, 5.41) is 16.9. The van der Waals surface area contributed by atoms with Crippen LogP contribution in [0.3, 0.4) is 0 Å². The predicted molar refractivity (Wildman–Crippen MR) is 160 cm³/mol. The molecule has 0 radical (unpaired) electrons. The van der Waals surface area contributed by atoms with Gasteiger partial charge in [0.15, 0.2) is 11.3 Å². The summed E-state index contributed by atoms with van der Waals surface area (Å²) in [5.74, 6) is 0.761. The Morgan fingerprint density at radius 1 is 1.07 bits per heavy atom. The van der Waals surface area contributed by atoms with Crippen molar-refractivity contribution in [2.75, 3.05) is 16.0 Å². The van der Waals surface area contributed by atoms with Crippen LogP contribution in [0.1, 0.15) is 61.1 Å². The van der Waals surface area contributed by atoms with E-state index in [0.29, 0.717) is 52.8 Å². The number of aromatic nitrogens is 5. The number of amides is 1. The summed E-state index contributed by atoms with van der Waals surface area (Å²) in [5.41, 5.74) is 11.1. The lowest BCUT2D eigenvalue weighted by Gasteiger charge is -2.29. The summed E-state index contributed by atoms with van der Waals surface area (Å²) in [4.78, 5) is 38.6. The molecular formula is C28H32ClN9O2S. The molecule has 41 heavy (non-hydrogen) atoms. The molecule has 0 aromatic carbocycles. The molecule has 13 heteroatoms. The van der Waals surface area contributed by atoms with Gasteiger partial charge in [0.2, 0.25) is 0 Å². The third-order valence-electron chi connectivity index (χ3n) is 7.64. The van der Waals surface area contributed by atoms with Crippen LogP contribution in [0.5, 0.6) is 0 Å². The largest absolute Gasteiger partial charge is 0.379 e. The van der Waals surface area contributed by atoms with E-state index in [-0.39, 0.29) is 17.7 Å². The van der Waals surface area contributed by atoms with E-state index in [1.54, 1.807) is 22.2 Å². The Morgan fingerprint density at radius 2 is 1.85 bits per heavy atom. The van der Waals surface area contributed by atoms with Crippen LogP contribution in [0, 0.1) is 5.92 Å². The lowest BCUT2D eigenvalue weighted by molar-refractivity contribution is -0.121. The number of fused-ring (bicyclic) bond motifs is 1. The molecule has 5 N–H and O–H groups in total. The first kappa shape index (κ1) is 27.6. The Labute approximate surface area is 246 Å². The third kappa shape index (κ3) is 6.83. The molecule has 0 unspecified atom stereocenters. The highest BCUT2D eigenvalue weighted by Gasteiger charge is 2.27. The van der Waals surface area contributed by atoms with E-state index in [0.717, 1.165) is 49.9 Å². The van der Waals surface area contributed by atoms with Crippen LogP contribution in [0.4, 0.5) is 17.2 Å². The fourth-order valence-corrected chi connectivity index (χ4v) is 6.00. The van der Waals surface area contributed by atoms with Gasteiger partial charge in [0, 0.05) is 48.3 Å². The summed E-state index contributed by atoms with van der Waals surface area (Å²) in [6.07, 6.45) is 9.99. The molecule has 2 aliphatic carbocycles. The zero-order valence-corrected chi connectivity index (χ0v) is 24.0. The van der Waals surface area contributed by atoms with Crippen molar-refractivity contribution >= 4 is 57.5 Å². The number of carbonyl (C=O) groups is 2. The molecule has 2 aliphatic rings. The van der Waals surface area contributed by atoms with Gasteiger partial charge < -0.3 is 21.7 Å². The fourth-order valence-electron chi connectivity index (χ4n) is 5.26. The number of thiazole rings is 1. The number of ketones is 1. The molecule has 0 aliphatic heterocycles. The van der Waals surface area contributed by atoms with Gasteiger partial charge in [-0.15, -0.1) is 16.4 Å². The molecule has 1 atom stereocenters. The van der Waals surface area contributed by atoms with Crippen molar-refractivity contribution in [3.63, 3.8) is 0 Å². The highest BCUT2D eigenvalue weighted by molar-refractivity contribution is 7.07. The Morgan fingerprint density at radius 3 is 2.59 bits per heavy atom. The maximum atomic E-state index is 13.2. The van der Waals surface area contributed by atoms with Gasteiger partial charge >= 0.3 is 0 Å². The van der Waals surface area contributed by atoms with E-state index in [1.807, 2.05) is 11.4 Å². The van der Waals surface area contributed by atoms with Gasteiger partial charge in [-0.05, 0) is 56.6 Å². The fraction of sp³-hybridized carbons (Fsp3) is 0.429. The quantitative estimate of drug-likeness (QED) is 0.183. The number of hydrogen-bond acceptors (Lipinski definition) is 10. The summed E-state index contributed by atoms with van der Waals surface area (Å²) in [7, 11) is 0. The maximum absolute atomic E-state index is 13.2. The van der Waals surface area contributed by atoms with Gasteiger partial charge in [0.1, 0.15) is 16.8 Å². The number of imidazole rings is 1. The standard InChI is InChI=1S/C28H32ClN9O2S/c29-25-11-19(7-8-31-25)36-28(40)23-13-32-27-22(34-17-5-6-17)12-26(37-38(23)27)35-18-3-1-16(2-4-18)9-24(39)21(30)10-20-14-41-15-33-20/h7-8,11-18,21,34H,1-6,9-10,30H2,(H,35,37)(H,31,36,40)/t16?,18?,21-/m0/s1. The normalized spacial score (nSPS) is 19.6. The van der Waals surface area contributed by atoms with Crippen LogP contribution in [-0.2, 0) is 11.2 Å². The van der Waals surface area contributed by atoms with Crippen molar-refractivity contribution in [2.45, 2.75) is 69.5 Å². The molecule has 11 nitrogen and oxygen atoms in total. The number of rotatable bonds is 11. The first-order valence-electron chi connectivity index (χ1n) is 13.9. The summed E-state index contributed by atoms with van der Waals surface area (Å²) >= 11 is 7.49. The van der Waals surface area contributed by atoms with E-state index in [4.69, 9.17) is 22.4 Å². The molecule has 1 amide bonds. The van der Waals surface area contributed by atoms with E-state index in [9.17, 15) is 9.59 Å². The summed E-state index contributed by atoms with van der Waals surface area (Å²) < 4.78 is 1.58. The average molecular weight is 594 g/mol. The first-order valence-corrected chi connectivity index (χ1v) is 15.2. The number of nitrogens with zero attached hydrogens (tertiary/aromatic N) is 5. The number of anilines is 3. The van der Waals surface area contributed by atoms with Gasteiger partial charge in [-0.25, -0.2) is 19.5 Å². The lowest BCUT2D eigenvalue weighted by Crippen LogP contribution is -2.35. The number of Topliss-reactive ketones (excluding diaryl/α,β-unsaturated/α-hetero) is 1. The van der Waals surface area contributed by atoms with Gasteiger partial charge in [0.05, 0.1) is 29.1 Å². The van der Waals surface area contributed by atoms with Crippen molar-refractivity contribution < 1.29 is 9.59 Å². The Kier molecular flexibility index (Phi) is 8.13. The van der Waals surface area contributed by atoms with Crippen molar-refractivity contribution in [1.82, 2.24) is 24.6 Å². The van der Waals surface area contributed by atoms with Crippen LogP contribution >= 0.6 is 22.9 Å². The minimum atomic E-state index is -0.501. The molecule has 0 saturated heterocycles. The molecule has 4 aromatic heterocycles. The second kappa shape index (κ2) is 12.1. The average Bonchev–Trinajstić information content (AvgIpc) is 3.42.